The standard InChI is InChI=1S/C8H9ClN/c1-2-10-8-5-3-7(9)4-6-8/h3-6,10H,1-2H2. The first kappa shape index (κ1) is 7.42. The van der Waals surface area contributed by atoms with Crippen LogP contribution in [-0.2, 0) is 0 Å². The minimum atomic E-state index is 0.696. The molecule has 10 heavy (non-hydrogen) atoms. The lowest BCUT2D eigenvalue weighted by Gasteiger charge is -2.00. The van der Waals surface area contributed by atoms with Crippen LogP contribution in [0.25, 0.3) is 0 Å². The molecular weight excluding hydrogens is 146 g/mol. The normalized spacial score (nSPS) is 9.40. The van der Waals surface area contributed by atoms with Gasteiger partial charge in [-0.25, -0.2) is 0 Å². The molecule has 2 heteroatoms. The minimum absolute atomic E-state index is 0.696. The van der Waals surface area contributed by atoms with E-state index in [0.29, 0.717) is 6.54 Å². The van der Waals surface area contributed by atoms with Crippen LogP contribution in [0, 0.1) is 6.92 Å². The molecule has 1 aromatic rings. The average molecular weight is 155 g/mol. The van der Waals surface area contributed by atoms with Crippen LogP contribution in [0.5, 0.6) is 0 Å². The van der Waals surface area contributed by atoms with E-state index in [1.807, 2.05) is 24.3 Å². The summed E-state index contributed by atoms with van der Waals surface area (Å²) < 4.78 is 0. The lowest BCUT2D eigenvalue weighted by molar-refractivity contribution is 1.34. The number of anilines is 1. The van der Waals surface area contributed by atoms with Gasteiger partial charge in [0.2, 0.25) is 0 Å². The van der Waals surface area contributed by atoms with Crippen molar-refractivity contribution in [3.05, 3.63) is 36.2 Å². The Hall–Kier alpha value is -0.690. The summed E-state index contributed by atoms with van der Waals surface area (Å²) in [5.74, 6) is 0. The van der Waals surface area contributed by atoms with Crippen molar-refractivity contribution in [2.75, 3.05) is 11.9 Å². The van der Waals surface area contributed by atoms with E-state index in [4.69, 9.17) is 11.6 Å². The molecule has 1 rings (SSSR count). The first-order valence-corrected chi connectivity index (χ1v) is 3.49. The summed E-state index contributed by atoms with van der Waals surface area (Å²) >= 11 is 5.67. The number of hydrogen-bond acceptors (Lipinski definition) is 1. The number of nitrogens with one attached hydrogen (secondary N) is 1. The van der Waals surface area contributed by atoms with Gasteiger partial charge in [0.25, 0.3) is 0 Å². The molecule has 0 saturated carbocycles. The summed E-state index contributed by atoms with van der Waals surface area (Å²) in [6.07, 6.45) is 0. The third-order valence-corrected chi connectivity index (χ3v) is 1.43. The molecule has 0 heterocycles. The second-order valence-electron chi connectivity index (χ2n) is 1.93. The van der Waals surface area contributed by atoms with Crippen LogP contribution >= 0.6 is 11.6 Å². The summed E-state index contributed by atoms with van der Waals surface area (Å²) in [4.78, 5) is 0. The molecule has 0 saturated heterocycles. The lowest BCUT2D eigenvalue weighted by atomic mass is 10.3. The molecule has 0 fully saturated rings. The van der Waals surface area contributed by atoms with Gasteiger partial charge in [-0.1, -0.05) is 11.6 Å². The van der Waals surface area contributed by atoms with Crippen LogP contribution < -0.4 is 5.32 Å². The zero-order valence-electron chi connectivity index (χ0n) is 5.60. The fraction of sp³-hybridized carbons (Fsp3) is 0.125. The van der Waals surface area contributed by atoms with Crippen molar-refractivity contribution in [2.24, 2.45) is 0 Å². The highest BCUT2D eigenvalue weighted by atomic mass is 35.5. The molecule has 0 atom stereocenters. The molecule has 1 radical (unpaired) electrons. The van der Waals surface area contributed by atoms with Crippen molar-refractivity contribution in [3.8, 4) is 0 Å². The molecular formula is C8H9ClN. The van der Waals surface area contributed by atoms with Crippen molar-refractivity contribution in [2.45, 2.75) is 0 Å². The predicted octanol–water partition coefficient (Wildman–Crippen LogP) is 2.59. The average Bonchev–Trinajstić information content (AvgIpc) is 1.95. The predicted molar refractivity (Wildman–Crippen MR) is 45.3 cm³/mol. The summed E-state index contributed by atoms with van der Waals surface area (Å²) in [6, 6.07) is 7.54. The maximum atomic E-state index is 5.67. The van der Waals surface area contributed by atoms with Crippen LogP contribution in [-0.4, -0.2) is 6.54 Å². The van der Waals surface area contributed by atoms with E-state index in [0.717, 1.165) is 10.7 Å². The summed E-state index contributed by atoms with van der Waals surface area (Å²) in [5.41, 5.74) is 1.06. The molecule has 0 unspecified atom stereocenters. The number of halogens is 1. The third-order valence-electron chi connectivity index (χ3n) is 1.17. The van der Waals surface area contributed by atoms with E-state index in [2.05, 4.69) is 12.2 Å². The van der Waals surface area contributed by atoms with Gasteiger partial charge in [0.1, 0.15) is 0 Å². The van der Waals surface area contributed by atoms with E-state index in [9.17, 15) is 0 Å². The highest BCUT2D eigenvalue weighted by Crippen LogP contribution is 2.12. The van der Waals surface area contributed by atoms with Crippen LogP contribution in [0.15, 0.2) is 24.3 Å². The molecule has 53 valence electrons. The minimum Gasteiger partial charge on any atom is -0.385 e. The second kappa shape index (κ2) is 3.47. The Kier molecular flexibility index (Phi) is 2.57. The molecule has 1 nitrogen and oxygen atoms in total. The molecule has 1 aromatic carbocycles. The molecule has 0 spiro atoms. The van der Waals surface area contributed by atoms with E-state index >= 15 is 0 Å². The Morgan fingerprint density at radius 2 is 1.90 bits per heavy atom. The Morgan fingerprint density at radius 3 is 2.40 bits per heavy atom. The Balaban J connectivity index is 2.69. The van der Waals surface area contributed by atoms with Crippen LogP contribution in [0.1, 0.15) is 0 Å². The largest absolute Gasteiger partial charge is 0.385 e. The summed E-state index contributed by atoms with van der Waals surface area (Å²) in [5, 5.41) is 3.82. The van der Waals surface area contributed by atoms with Gasteiger partial charge < -0.3 is 5.32 Å². The third kappa shape index (κ3) is 1.92. The molecule has 0 bridgehead atoms. The van der Waals surface area contributed by atoms with Crippen LogP contribution in [0.4, 0.5) is 5.69 Å². The van der Waals surface area contributed by atoms with Crippen molar-refractivity contribution >= 4 is 17.3 Å². The van der Waals surface area contributed by atoms with Crippen molar-refractivity contribution < 1.29 is 0 Å². The van der Waals surface area contributed by atoms with E-state index in [1.54, 1.807) is 0 Å². The van der Waals surface area contributed by atoms with Crippen molar-refractivity contribution in [1.82, 2.24) is 0 Å². The van der Waals surface area contributed by atoms with Gasteiger partial charge in [0, 0.05) is 17.3 Å². The lowest BCUT2D eigenvalue weighted by Crippen LogP contribution is -1.95. The fourth-order valence-electron chi connectivity index (χ4n) is 0.712. The van der Waals surface area contributed by atoms with Crippen LogP contribution in [0.2, 0.25) is 5.02 Å². The maximum Gasteiger partial charge on any atom is 0.0407 e. The first-order valence-electron chi connectivity index (χ1n) is 3.11. The van der Waals surface area contributed by atoms with Gasteiger partial charge in [-0.05, 0) is 31.2 Å². The smallest absolute Gasteiger partial charge is 0.0407 e. The fourth-order valence-corrected chi connectivity index (χ4v) is 0.838. The highest BCUT2D eigenvalue weighted by Gasteiger charge is 1.87. The molecule has 1 N–H and O–H groups in total. The van der Waals surface area contributed by atoms with Gasteiger partial charge in [0.15, 0.2) is 0 Å². The van der Waals surface area contributed by atoms with Crippen LogP contribution in [0.3, 0.4) is 0 Å². The SMILES string of the molecule is [CH2]CNc1ccc(Cl)cc1. The second-order valence-corrected chi connectivity index (χ2v) is 2.37. The van der Waals surface area contributed by atoms with Gasteiger partial charge in [-0.15, -0.1) is 0 Å². The zero-order valence-corrected chi connectivity index (χ0v) is 6.36. The molecule has 0 aromatic heterocycles. The molecule has 0 aliphatic heterocycles. The number of hydrogen-bond donors (Lipinski definition) is 1. The zero-order chi connectivity index (χ0) is 7.40. The topological polar surface area (TPSA) is 12.0 Å². The number of benzene rings is 1. The first-order chi connectivity index (χ1) is 4.83. The van der Waals surface area contributed by atoms with Crippen molar-refractivity contribution in [3.63, 3.8) is 0 Å². The Labute approximate surface area is 66.0 Å². The Bertz CT molecular complexity index is 193. The molecule has 0 aliphatic carbocycles. The summed E-state index contributed by atoms with van der Waals surface area (Å²) in [7, 11) is 0. The maximum absolute atomic E-state index is 5.67. The highest BCUT2D eigenvalue weighted by molar-refractivity contribution is 6.30. The van der Waals surface area contributed by atoms with Gasteiger partial charge in [-0.3, -0.25) is 0 Å². The quantitative estimate of drug-likeness (QED) is 0.691. The van der Waals surface area contributed by atoms with E-state index in [-0.39, 0.29) is 0 Å². The van der Waals surface area contributed by atoms with E-state index in [1.165, 1.54) is 0 Å². The molecule has 0 amide bonds. The van der Waals surface area contributed by atoms with Crippen molar-refractivity contribution in [1.29, 1.82) is 0 Å². The van der Waals surface area contributed by atoms with Gasteiger partial charge in [-0.2, -0.15) is 0 Å². The van der Waals surface area contributed by atoms with Gasteiger partial charge in [0.05, 0.1) is 0 Å². The Morgan fingerprint density at radius 1 is 1.30 bits per heavy atom. The number of rotatable bonds is 2. The van der Waals surface area contributed by atoms with Gasteiger partial charge >= 0.3 is 0 Å². The molecule has 0 aliphatic rings. The van der Waals surface area contributed by atoms with E-state index < -0.39 is 0 Å². The monoisotopic (exact) mass is 154 g/mol. The summed E-state index contributed by atoms with van der Waals surface area (Å²) in [6.45, 7) is 4.36.